The second-order valence-electron chi connectivity index (χ2n) is 7.19. The highest BCUT2D eigenvalue weighted by molar-refractivity contribution is 5.80. The molecule has 6 nitrogen and oxygen atoms in total. The number of likely N-dealkylation sites (tertiary alicyclic amines) is 1. The van der Waals surface area contributed by atoms with Crippen molar-refractivity contribution < 1.29 is 14.6 Å². The molecule has 1 atom stereocenters. The van der Waals surface area contributed by atoms with Crippen LogP contribution >= 0.6 is 0 Å². The van der Waals surface area contributed by atoms with Gasteiger partial charge in [0.1, 0.15) is 17.2 Å². The molecule has 1 saturated heterocycles. The van der Waals surface area contributed by atoms with Gasteiger partial charge in [0.25, 0.3) is 0 Å². The summed E-state index contributed by atoms with van der Waals surface area (Å²) in [4.78, 5) is 7.12. The van der Waals surface area contributed by atoms with Crippen molar-refractivity contribution in [2.24, 2.45) is 4.99 Å². The molecule has 2 aromatic rings. The number of phenolic OH excluding ortho intramolecular Hbond substituents is 1. The molecule has 0 radical (unpaired) electrons. The molecule has 1 fully saturated rings. The smallest absolute Gasteiger partial charge is 0.193 e. The first-order chi connectivity index (χ1) is 14.1. The lowest BCUT2D eigenvalue weighted by molar-refractivity contribution is 0.406. The fourth-order valence-electron chi connectivity index (χ4n) is 3.69. The van der Waals surface area contributed by atoms with Crippen molar-refractivity contribution in [3.8, 4) is 17.2 Å². The molecule has 2 aromatic carbocycles. The Hall–Kier alpha value is -2.89. The van der Waals surface area contributed by atoms with Crippen LogP contribution < -0.4 is 14.8 Å². The van der Waals surface area contributed by atoms with E-state index in [0.717, 1.165) is 43.3 Å². The van der Waals surface area contributed by atoms with Crippen LogP contribution in [0.4, 0.5) is 0 Å². The number of rotatable bonds is 7. The lowest BCUT2D eigenvalue weighted by Crippen LogP contribution is -2.40. The molecule has 3 rings (SSSR count). The van der Waals surface area contributed by atoms with Gasteiger partial charge in [0, 0.05) is 38.2 Å². The van der Waals surface area contributed by atoms with Crippen molar-refractivity contribution in [1.82, 2.24) is 10.2 Å². The summed E-state index contributed by atoms with van der Waals surface area (Å²) in [6, 6.07) is 13.8. The third kappa shape index (κ3) is 5.34. The van der Waals surface area contributed by atoms with Crippen LogP contribution in [0.25, 0.3) is 0 Å². The van der Waals surface area contributed by atoms with Gasteiger partial charge in [0.2, 0.25) is 0 Å². The maximum Gasteiger partial charge on any atom is 0.193 e. The zero-order valence-electron chi connectivity index (χ0n) is 17.5. The number of phenols is 1. The van der Waals surface area contributed by atoms with Crippen molar-refractivity contribution in [3.63, 3.8) is 0 Å². The van der Waals surface area contributed by atoms with Gasteiger partial charge in [0.05, 0.1) is 14.2 Å². The summed E-state index contributed by atoms with van der Waals surface area (Å²) in [6.07, 6.45) is 1.79. The van der Waals surface area contributed by atoms with Gasteiger partial charge >= 0.3 is 0 Å². The summed E-state index contributed by atoms with van der Waals surface area (Å²) in [7, 11) is 3.29. The van der Waals surface area contributed by atoms with Crippen LogP contribution in [0.2, 0.25) is 0 Å². The van der Waals surface area contributed by atoms with E-state index >= 15 is 0 Å². The molecule has 156 valence electrons. The Kier molecular flexibility index (Phi) is 7.22. The van der Waals surface area contributed by atoms with Gasteiger partial charge in [0.15, 0.2) is 5.96 Å². The highest BCUT2D eigenvalue weighted by atomic mass is 16.5. The van der Waals surface area contributed by atoms with Crippen molar-refractivity contribution in [2.45, 2.75) is 25.7 Å². The van der Waals surface area contributed by atoms with Crippen LogP contribution in [0.5, 0.6) is 17.2 Å². The number of nitrogens with one attached hydrogen (secondary N) is 1. The average molecular weight is 398 g/mol. The van der Waals surface area contributed by atoms with Crippen molar-refractivity contribution >= 4 is 5.96 Å². The number of ether oxygens (including phenoxy) is 2. The predicted octanol–water partition coefficient (Wildman–Crippen LogP) is 3.41. The Morgan fingerprint density at radius 1 is 1.14 bits per heavy atom. The quantitative estimate of drug-likeness (QED) is 0.554. The van der Waals surface area contributed by atoms with E-state index in [1.165, 1.54) is 5.56 Å². The zero-order valence-corrected chi connectivity index (χ0v) is 17.5. The number of guanidine groups is 1. The van der Waals surface area contributed by atoms with Gasteiger partial charge in [-0.2, -0.15) is 0 Å². The Morgan fingerprint density at radius 2 is 1.86 bits per heavy atom. The normalized spacial score (nSPS) is 16.7. The highest BCUT2D eigenvalue weighted by Crippen LogP contribution is 2.28. The summed E-state index contributed by atoms with van der Waals surface area (Å²) in [5.74, 6) is 3.24. The Bertz CT molecular complexity index is 821. The van der Waals surface area contributed by atoms with E-state index in [1.54, 1.807) is 20.3 Å². The lowest BCUT2D eigenvalue weighted by Gasteiger charge is -2.22. The second kappa shape index (κ2) is 10.0. The van der Waals surface area contributed by atoms with Crippen LogP contribution in [0.15, 0.2) is 47.5 Å². The van der Waals surface area contributed by atoms with Gasteiger partial charge in [-0.15, -0.1) is 0 Å². The highest BCUT2D eigenvalue weighted by Gasteiger charge is 2.26. The molecule has 2 N–H and O–H groups in total. The number of aliphatic imine (C=N–C) groups is 1. The zero-order chi connectivity index (χ0) is 20.6. The summed E-state index contributed by atoms with van der Waals surface area (Å²) < 4.78 is 10.4. The summed E-state index contributed by atoms with van der Waals surface area (Å²) >= 11 is 0. The molecule has 0 bridgehead atoms. The Labute approximate surface area is 173 Å². The van der Waals surface area contributed by atoms with E-state index in [-0.39, 0.29) is 5.75 Å². The maximum atomic E-state index is 10.1. The second-order valence-corrected chi connectivity index (χ2v) is 7.19. The monoisotopic (exact) mass is 397 g/mol. The van der Waals surface area contributed by atoms with Crippen LogP contribution in [-0.2, 0) is 6.42 Å². The molecule has 0 spiro atoms. The number of nitrogens with zero attached hydrogens (tertiary/aromatic N) is 2. The van der Waals surface area contributed by atoms with Crippen LogP contribution in [0.1, 0.15) is 30.4 Å². The van der Waals surface area contributed by atoms with Crippen molar-refractivity contribution in [3.05, 3.63) is 53.6 Å². The van der Waals surface area contributed by atoms with Crippen LogP contribution in [0.3, 0.4) is 0 Å². The molecule has 1 heterocycles. The molecule has 0 aromatic heterocycles. The SMILES string of the molecule is CCNC(=NCCc1ccc(OC)cc1O)N1CCC(c2ccc(OC)cc2)C1. The summed E-state index contributed by atoms with van der Waals surface area (Å²) in [6.45, 7) is 5.46. The molecular formula is C23H31N3O3. The molecule has 1 aliphatic heterocycles. The molecular weight excluding hydrogens is 366 g/mol. The fraction of sp³-hybridized carbons (Fsp3) is 0.435. The topological polar surface area (TPSA) is 66.3 Å². The van der Waals surface area contributed by atoms with Gasteiger partial charge in [-0.3, -0.25) is 4.99 Å². The molecule has 29 heavy (non-hydrogen) atoms. The van der Waals surface area contributed by atoms with Gasteiger partial charge in [-0.1, -0.05) is 18.2 Å². The third-order valence-corrected chi connectivity index (χ3v) is 5.35. The number of hydrogen-bond donors (Lipinski definition) is 2. The summed E-state index contributed by atoms with van der Waals surface area (Å²) in [5, 5.41) is 13.5. The first-order valence-corrected chi connectivity index (χ1v) is 10.2. The minimum Gasteiger partial charge on any atom is -0.508 e. The first kappa shape index (κ1) is 20.8. The van der Waals surface area contributed by atoms with E-state index in [2.05, 4.69) is 29.3 Å². The number of methoxy groups -OCH3 is 2. The fourth-order valence-corrected chi connectivity index (χ4v) is 3.69. The first-order valence-electron chi connectivity index (χ1n) is 10.2. The van der Waals surface area contributed by atoms with E-state index in [0.29, 0.717) is 24.6 Å². The average Bonchev–Trinajstić information content (AvgIpc) is 3.24. The van der Waals surface area contributed by atoms with Crippen molar-refractivity contribution in [1.29, 1.82) is 0 Å². The minimum atomic E-state index is 0.255. The number of benzene rings is 2. The predicted molar refractivity (Wildman–Crippen MR) is 116 cm³/mol. The molecule has 0 aliphatic carbocycles. The molecule has 1 unspecified atom stereocenters. The van der Waals surface area contributed by atoms with E-state index in [4.69, 9.17) is 14.5 Å². The van der Waals surface area contributed by atoms with Crippen molar-refractivity contribution in [2.75, 3.05) is 40.4 Å². The standard InChI is InChI=1S/C23H31N3O3/c1-4-24-23(25-13-11-18-7-10-21(29-3)15-22(18)27)26-14-12-19(16-26)17-5-8-20(28-2)9-6-17/h5-10,15,19,27H,4,11-14,16H2,1-3H3,(H,24,25). The molecule has 6 heteroatoms. The molecule has 0 saturated carbocycles. The van der Waals surface area contributed by atoms with Crippen LogP contribution in [0, 0.1) is 0 Å². The molecule has 0 amide bonds. The van der Waals surface area contributed by atoms with Gasteiger partial charge in [-0.05, 0) is 49.1 Å². The van der Waals surface area contributed by atoms with Gasteiger partial charge < -0.3 is 24.8 Å². The number of hydrogen-bond acceptors (Lipinski definition) is 4. The largest absolute Gasteiger partial charge is 0.508 e. The van der Waals surface area contributed by atoms with Crippen LogP contribution in [-0.4, -0.2) is 56.4 Å². The lowest BCUT2D eigenvalue weighted by atomic mass is 9.98. The number of aromatic hydroxyl groups is 1. The van der Waals surface area contributed by atoms with E-state index in [9.17, 15) is 5.11 Å². The molecule has 1 aliphatic rings. The Morgan fingerprint density at radius 3 is 2.52 bits per heavy atom. The van der Waals surface area contributed by atoms with E-state index in [1.807, 2.05) is 24.3 Å². The Balaban J connectivity index is 1.61. The van der Waals surface area contributed by atoms with E-state index < -0.39 is 0 Å². The third-order valence-electron chi connectivity index (χ3n) is 5.35. The van der Waals surface area contributed by atoms with Gasteiger partial charge in [-0.25, -0.2) is 0 Å². The maximum absolute atomic E-state index is 10.1. The minimum absolute atomic E-state index is 0.255. The summed E-state index contributed by atoms with van der Waals surface area (Å²) in [5.41, 5.74) is 2.22.